The van der Waals surface area contributed by atoms with Crippen molar-refractivity contribution >= 4 is 11.6 Å². The van der Waals surface area contributed by atoms with Gasteiger partial charge in [-0.2, -0.15) is 10.5 Å². The summed E-state index contributed by atoms with van der Waals surface area (Å²) in [5.41, 5.74) is 3.03. The summed E-state index contributed by atoms with van der Waals surface area (Å²) in [6, 6.07) is 11.9. The minimum atomic E-state index is 0.272. The molecule has 0 aliphatic carbocycles. The molecule has 10 heteroatoms. The number of hydrogen-bond acceptors (Lipinski definition) is 6. The van der Waals surface area contributed by atoms with Crippen LogP contribution in [0.25, 0.3) is 17.2 Å². The molecule has 0 spiro atoms. The molecule has 0 saturated heterocycles. The van der Waals surface area contributed by atoms with E-state index in [2.05, 4.69) is 43.7 Å². The molecule has 0 atom stereocenters. The number of unbranched alkanes of at least 4 members (excludes halogenated alkanes) is 1. The summed E-state index contributed by atoms with van der Waals surface area (Å²) in [6.07, 6.45) is 4.80. The van der Waals surface area contributed by atoms with Crippen molar-refractivity contribution in [3.63, 3.8) is 0 Å². The van der Waals surface area contributed by atoms with E-state index in [1.54, 1.807) is 6.07 Å². The van der Waals surface area contributed by atoms with Crippen molar-refractivity contribution in [3.8, 4) is 23.3 Å². The topological polar surface area (TPSA) is 114 Å². The van der Waals surface area contributed by atoms with Gasteiger partial charge in [0.25, 0.3) is 0 Å². The zero-order chi connectivity index (χ0) is 20.2. The van der Waals surface area contributed by atoms with Gasteiger partial charge < -0.3 is 4.57 Å². The number of hydrogen-bond donors (Lipinski definition) is 1. The van der Waals surface area contributed by atoms with E-state index in [4.69, 9.17) is 11.6 Å². The zero-order valence-electron chi connectivity index (χ0n) is 15.7. The molecule has 3 heterocycles. The molecule has 0 amide bonds. The summed E-state index contributed by atoms with van der Waals surface area (Å²) in [4.78, 5) is 4.32. The second-order valence-electron chi connectivity index (χ2n) is 6.52. The fourth-order valence-corrected chi connectivity index (χ4v) is 3.34. The number of aromatic nitrogens is 8. The van der Waals surface area contributed by atoms with Gasteiger partial charge >= 0.3 is 0 Å². The standard InChI is InChI=1S/C19H18ClN9/c1-2-3-4-16-22-19(20)25-29(16)12-13-5-7-15(8-6-13)28-10-9-14(11-21)17(28)18-23-26-27-24-18/h5-10H,2-4,12H2,1H3,(H,23,24,26,27). The summed E-state index contributed by atoms with van der Waals surface area (Å²) in [6.45, 7) is 2.73. The Morgan fingerprint density at radius 1 is 1.21 bits per heavy atom. The van der Waals surface area contributed by atoms with Crippen LogP contribution in [0.1, 0.15) is 36.7 Å². The van der Waals surface area contributed by atoms with Crippen LogP contribution in [-0.2, 0) is 13.0 Å². The lowest BCUT2D eigenvalue weighted by Crippen LogP contribution is -2.07. The summed E-state index contributed by atoms with van der Waals surface area (Å²) < 4.78 is 3.72. The maximum Gasteiger partial charge on any atom is 0.242 e. The number of rotatable bonds is 7. The van der Waals surface area contributed by atoms with Gasteiger partial charge in [-0.1, -0.05) is 25.5 Å². The Balaban J connectivity index is 1.60. The number of aryl methyl sites for hydroxylation is 1. The minimum Gasteiger partial charge on any atom is -0.313 e. The molecular weight excluding hydrogens is 390 g/mol. The first-order valence-corrected chi connectivity index (χ1v) is 9.61. The molecule has 0 unspecified atom stereocenters. The second-order valence-corrected chi connectivity index (χ2v) is 6.86. The third kappa shape index (κ3) is 3.88. The molecule has 0 radical (unpaired) electrons. The molecule has 0 aliphatic rings. The highest BCUT2D eigenvalue weighted by Gasteiger charge is 2.16. The quantitative estimate of drug-likeness (QED) is 0.503. The van der Waals surface area contributed by atoms with Crippen LogP contribution in [0.4, 0.5) is 0 Å². The molecule has 0 fully saturated rings. The van der Waals surface area contributed by atoms with Crippen molar-refractivity contribution in [2.45, 2.75) is 32.7 Å². The molecule has 4 rings (SSSR count). The van der Waals surface area contributed by atoms with Crippen LogP contribution in [0.5, 0.6) is 0 Å². The van der Waals surface area contributed by atoms with Crippen molar-refractivity contribution in [2.75, 3.05) is 0 Å². The SMILES string of the molecule is CCCCc1nc(Cl)nn1Cc1ccc(-n2ccc(C#N)c2-c2nn[nH]n2)cc1. The monoisotopic (exact) mass is 407 g/mol. The van der Waals surface area contributed by atoms with Crippen LogP contribution in [0.2, 0.25) is 5.28 Å². The lowest BCUT2D eigenvalue weighted by molar-refractivity contribution is 0.618. The molecule has 146 valence electrons. The first-order chi connectivity index (χ1) is 14.2. The predicted octanol–water partition coefficient (Wildman–Crippen LogP) is 3.16. The maximum atomic E-state index is 9.40. The average molecular weight is 408 g/mol. The molecule has 29 heavy (non-hydrogen) atoms. The van der Waals surface area contributed by atoms with E-state index >= 15 is 0 Å². The lowest BCUT2D eigenvalue weighted by atomic mass is 10.2. The van der Waals surface area contributed by atoms with Crippen molar-refractivity contribution in [3.05, 3.63) is 58.8 Å². The number of nitriles is 1. The van der Waals surface area contributed by atoms with E-state index < -0.39 is 0 Å². The van der Waals surface area contributed by atoms with Crippen LogP contribution in [0.3, 0.4) is 0 Å². The van der Waals surface area contributed by atoms with E-state index in [-0.39, 0.29) is 5.28 Å². The van der Waals surface area contributed by atoms with Crippen LogP contribution in [-0.4, -0.2) is 40.0 Å². The number of H-pyrrole nitrogens is 1. The van der Waals surface area contributed by atoms with Crippen molar-refractivity contribution < 1.29 is 0 Å². The Bertz CT molecular complexity index is 1130. The normalized spacial score (nSPS) is 10.9. The number of benzene rings is 1. The van der Waals surface area contributed by atoms with E-state index in [0.717, 1.165) is 36.3 Å². The smallest absolute Gasteiger partial charge is 0.242 e. The Kier molecular flexibility index (Phi) is 5.35. The van der Waals surface area contributed by atoms with Crippen LogP contribution < -0.4 is 0 Å². The van der Waals surface area contributed by atoms with E-state index in [0.29, 0.717) is 23.6 Å². The summed E-state index contributed by atoms with van der Waals surface area (Å²) in [5, 5.41) is 28.0. The first-order valence-electron chi connectivity index (χ1n) is 9.23. The first kappa shape index (κ1) is 18.8. The predicted molar refractivity (Wildman–Crippen MR) is 106 cm³/mol. The second kappa shape index (κ2) is 8.24. The molecule has 0 aliphatic heterocycles. The number of nitrogens with zero attached hydrogens (tertiary/aromatic N) is 8. The van der Waals surface area contributed by atoms with Gasteiger partial charge in [0.15, 0.2) is 0 Å². The van der Waals surface area contributed by atoms with Gasteiger partial charge in [0.05, 0.1) is 12.1 Å². The highest BCUT2D eigenvalue weighted by Crippen LogP contribution is 2.25. The van der Waals surface area contributed by atoms with E-state index in [1.165, 1.54) is 0 Å². The van der Waals surface area contributed by atoms with Gasteiger partial charge in [-0.3, -0.25) is 0 Å². The number of halogens is 1. The summed E-state index contributed by atoms with van der Waals surface area (Å²) in [7, 11) is 0. The summed E-state index contributed by atoms with van der Waals surface area (Å²) in [5.74, 6) is 1.26. The molecule has 0 saturated carbocycles. The van der Waals surface area contributed by atoms with Gasteiger partial charge in [0.2, 0.25) is 11.1 Å². The Morgan fingerprint density at radius 3 is 2.72 bits per heavy atom. The molecule has 1 N–H and O–H groups in total. The largest absolute Gasteiger partial charge is 0.313 e. The van der Waals surface area contributed by atoms with Gasteiger partial charge in [0.1, 0.15) is 17.6 Å². The van der Waals surface area contributed by atoms with Crippen molar-refractivity contribution in [1.29, 1.82) is 5.26 Å². The molecule has 3 aromatic heterocycles. The van der Waals surface area contributed by atoms with Gasteiger partial charge in [-0.25, -0.2) is 9.67 Å². The van der Waals surface area contributed by atoms with Crippen LogP contribution in [0, 0.1) is 11.3 Å². The van der Waals surface area contributed by atoms with Gasteiger partial charge in [-0.05, 0) is 47.0 Å². The third-order valence-corrected chi connectivity index (χ3v) is 4.75. The van der Waals surface area contributed by atoms with E-state index in [9.17, 15) is 5.26 Å². The Hall–Kier alpha value is -3.51. The molecule has 1 aromatic carbocycles. The molecule has 4 aromatic rings. The molecule has 0 bridgehead atoms. The number of nitrogens with one attached hydrogen (secondary N) is 1. The van der Waals surface area contributed by atoms with Crippen molar-refractivity contribution in [2.24, 2.45) is 0 Å². The van der Waals surface area contributed by atoms with Gasteiger partial charge in [-0.15, -0.1) is 15.3 Å². The van der Waals surface area contributed by atoms with Gasteiger partial charge in [0, 0.05) is 18.3 Å². The van der Waals surface area contributed by atoms with E-state index in [1.807, 2.05) is 39.7 Å². The average Bonchev–Trinajstić information content (AvgIpc) is 3.46. The Morgan fingerprint density at radius 2 is 2.03 bits per heavy atom. The molecular formula is C19H18ClN9. The number of aromatic amines is 1. The van der Waals surface area contributed by atoms with Crippen molar-refractivity contribution in [1.82, 2.24) is 40.0 Å². The lowest BCUT2D eigenvalue weighted by Gasteiger charge is -2.09. The number of tetrazole rings is 1. The fourth-order valence-electron chi connectivity index (χ4n) is 3.15. The highest BCUT2D eigenvalue weighted by atomic mass is 35.5. The minimum absolute atomic E-state index is 0.272. The zero-order valence-corrected chi connectivity index (χ0v) is 16.5. The summed E-state index contributed by atoms with van der Waals surface area (Å²) >= 11 is 6.01. The van der Waals surface area contributed by atoms with Crippen LogP contribution in [0.15, 0.2) is 36.5 Å². The van der Waals surface area contributed by atoms with Crippen LogP contribution >= 0.6 is 11.6 Å². The fraction of sp³-hybridized carbons (Fsp3) is 0.263. The maximum absolute atomic E-state index is 9.40. The third-order valence-electron chi connectivity index (χ3n) is 4.59. The molecule has 9 nitrogen and oxygen atoms in total. The Labute approximate surface area is 172 Å². The highest BCUT2D eigenvalue weighted by molar-refractivity contribution is 6.28.